The molecule has 0 fully saturated rings. The van der Waals surface area contributed by atoms with Gasteiger partial charge in [-0.2, -0.15) is 13.2 Å². The fraction of sp³-hybridized carbons (Fsp3) is 0.480. The van der Waals surface area contributed by atoms with Crippen molar-refractivity contribution in [3.8, 4) is 5.75 Å². The first-order chi connectivity index (χ1) is 15.4. The molecular formula is C25H32F3NO3S. The van der Waals surface area contributed by atoms with Gasteiger partial charge in [0.05, 0.1) is 11.7 Å². The summed E-state index contributed by atoms with van der Waals surface area (Å²) < 4.78 is 49.9. The highest BCUT2D eigenvalue weighted by Gasteiger charge is 2.30. The lowest BCUT2D eigenvalue weighted by molar-refractivity contribution is -0.137. The van der Waals surface area contributed by atoms with Crippen molar-refractivity contribution in [3.63, 3.8) is 0 Å². The maximum Gasteiger partial charge on any atom is 0.416 e. The molecule has 0 bridgehead atoms. The van der Waals surface area contributed by atoms with Gasteiger partial charge in [0, 0.05) is 24.2 Å². The SMILES string of the molecule is CN(CCC[C@H](CCSc1ccccc1)Oc1ccc(C(F)(F)F)cc1)C(=O)OC(C)(C)C. The van der Waals surface area contributed by atoms with Gasteiger partial charge in [0.25, 0.3) is 0 Å². The smallest absolute Gasteiger partial charge is 0.416 e. The number of rotatable bonds is 10. The van der Waals surface area contributed by atoms with Crippen LogP contribution >= 0.6 is 11.8 Å². The van der Waals surface area contributed by atoms with Crippen molar-refractivity contribution in [2.24, 2.45) is 0 Å². The van der Waals surface area contributed by atoms with Gasteiger partial charge in [-0.05, 0) is 76.4 Å². The molecule has 8 heteroatoms. The first-order valence-corrected chi connectivity index (χ1v) is 11.9. The van der Waals surface area contributed by atoms with E-state index in [9.17, 15) is 18.0 Å². The van der Waals surface area contributed by atoms with Crippen LogP contribution in [-0.4, -0.2) is 42.0 Å². The minimum atomic E-state index is -4.38. The molecule has 182 valence electrons. The number of carbonyl (C=O) groups excluding carboxylic acids is 1. The van der Waals surface area contributed by atoms with E-state index < -0.39 is 17.3 Å². The van der Waals surface area contributed by atoms with Gasteiger partial charge in [-0.3, -0.25) is 0 Å². The Morgan fingerprint density at radius 1 is 1.00 bits per heavy atom. The van der Waals surface area contributed by atoms with E-state index in [1.807, 2.05) is 51.1 Å². The summed E-state index contributed by atoms with van der Waals surface area (Å²) in [6.07, 6.45) is -2.90. The third-order valence-corrected chi connectivity index (χ3v) is 5.71. The number of carbonyl (C=O) groups is 1. The zero-order chi connectivity index (χ0) is 24.5. The molecule has 0 N–H and O–H groups in total. The number of hydrogen-bond donors (Lipinski definition) is 0. The second-order valence-corrected chi connectivity index (χ2v) is 9.92. The summed E-state index contributed by atoms with van der Waals surface area (Å²) in [5.41, 5.74) is -1.26. The van der Waals surface area contributed by atoms with Gasteiger partial charge >= 0.3 is 12.3 Å². The van der Waals surface area contributed by atoms with Crippen LogP contribution in [0.5, 0.6) is 5.75 Å². The first-order valence-electron chi connectivity index (χ1n) is 10.9. The van der Waals surface area contributed by atoms with E-state index in [0.717, 1.165) is 29.2 Å². The van der Waals surface area contributed by atoms with Gasteiger partial charge in [0.15, 0.2) is 0 Å². The van der Waals surface area contributed by atoms with Crippen LogP contribution in [0.2, 0.25) is 0 Å². The Labute approximate surface area is 198 Å². The highest BCUT2D eigenvalue weighted by Crippen LogP contribution is 2.31. The van der Waals surface area contributed by atoms with Crippen molar-refractivity contribution in [1.29, 1.82) is 0 Å². The summed E-state index contributed by atoms with van der Waals surface area (Å²) in [5, 5.41) is 0. The molecule has 0 spiro atoms. The predicted molar refractivity (Wildman–Crippen MR) is 126 cm³/mol. The molecule has 2 rings (SSSR count). The lowest BCUT2D eigenvalue weighted by atomic mass is 10.1. The molecule has 0 aromatic heterocycles. The molecule has 2 aromatic rings. The minimum absolute atomic E-state index is 0.190. The molecule has 33 heavy (non-hydrogen) atoms. The van der Waals surface area contributed by atoms with E-state index in [-0.39, 0.29) is 12.2 Å². The highest BCUT2D eigenvalue weighted by molar-refractivity contribution is 7.99. The summed E-state index contributed by atoms with van der Waals surface area (Å²) in [7, 11) is 1.69. The zero-order valence-corrected chi connectivity index (χ0v) is 20.3. The summed E-state index contributed by atoms with van der Waals surface area (Å²) in [6.45, 7) is 5.94. The molecule has 0 saturated carbocycles. The van der Waals surface area contributed by atoms with Crippen LogP contribution in [0.15, 0.2) is 59.5 Å². The number of halogens is 3. The van der Waals surface area contributed by atoms with E-state index in [0.29, 0.717) is 25.1 Å². The first kappa shape index (κ1) is 26.9. The summed E-state index contributed by atoms with van der Waals surface area (Å²) in [6, 6.07) is 14.7. The number of ether oxygens (including phenoxy) is 2. The van der Waals surface area contributed by atoms with Gasteiger partial charge in [0.2, 0.25) is 0 Å². The maximum absolute atomic E-state index is 12.8. The van der Waals surface area contributed by atoms with E-state index in [1.54, 1.807) is 18.8 Å². The minimum Gasteiger partial charge on any atom is -0.490 e. The molecular weight excluding hydrogens is 451 g/mol. The van der Waals surface area contributed by atoms with E-state index in [2.05, 4.69) is 0 Å². The van der Waals surface area contributed by atoms with Crippen LogP contribution in [0.1, 0.15) is 45.6 Å². The van der Waals surface area contributed by atoms with Crippen LogP contribution in [0, 0.1) is 0 Å². The van der Waals surface area contributed by atoms with Crippen molar-refractivity contribution in [2.45, 2.75) is 62.8 Å². The van der Waals surface area contributed by atoms with Gasteiger partial charge in [0.1, 0.15) is 11.4 Å². The molecule has 1 amide bonds. The lowest BCUT2D eigenvalue weighted by Crippen LogP contribution is -2.35. The van der Waals surface area contributed by atoms with E-state index in [1.165, 1.54) is 17.0 Å². The Kier molecular flexibility index (Phi) is 9.95. The average molecular weight is 484 g/mol. The molecule has 0 aliphatic carbocycles. The molecule has 0 heterocycles. The Morgan fingerprint density at radius 3 is 2.21 bits per heavy atom. The van der Waals surface area contributed by atoms with Crippen molar-refractivity contribution < 1.29 is 27.4 Å². The van der Waals surface area contributed by atoms with Crippen molar-refractivity contribution >= 4 is 17.9 Å². The predicted octanol–water partition coefficient (Wildman–Crippen LogP) is 7.28. The normalized spacial score (nSPS) is 12.8. The van der Waals surface area contributed by atoms with Gasteiger partial charge in [-0.1, -0.05) is 18.2 Å². The van der Waals surface area contributed by atoms with Gasteiger partial charge in [-0.25, -0.2) is 4.79 Å². The fourth-order valence-electron chi connectivity index (χ4n) is 2.99. The van der Waals surface area contributed by atoms with Crippen molar-refractivity contribution in [2.75, 3.05) is 19.3 Å². The Morgan fingerprint density at radius 2 is 1.64 bits per heavy atom. The third kappa shape index (κ3) is 10.4. The average Bonchev–Trinajstić information content (AvgIpc) is 2.72. The molecule has 0 aliphatic rings. The van der Waals surface area contributed by atoms with Crippen LogP contribution in [-0.2, 0) is 10.9 Å². The summed E-state index contributed by atoms with van der Waals surface area (Å²) >= 11 is 1.70. The van der Waals surface area contributed by atoms with Crippen LogP contribution in [0.4, 0.5) is 18.0 Å². The Bertz CT molecular complexity index is 852. The van der Waals surface area contributed by atoms with Crippen molar-refractivity contribution in [3.05, 3.63) is 60.2 Å². The number of alkyl halides is 3. The number of amides is 1. The van der Waals surface area contributed by atoms with Crippen LogP contribution in [0.25, 0.3) is 0 Å². The van der Waals surface area contributed by atoms with Crippen LogP contribution < -0.4 is 4.74 Å². The maximum atomic E-state index is 12.8. The third-order valence-electron chi connectivity index (χ3n) is 4.66. The standard InChI is InChI=1S/C25H32F3NO3S/c1-24(2,3)32-23(30)29(4)17-8-9-20(16-18-33-22-10-6-5-7-11-22)31-21-14-12-19(13-15-21)25(26,27)28/h5-7,10-15,20H,8-9,16-18H2,1-4H3/t20-/m1/s1. The summed E-state index contributed by atoms with van der Waals surface area (Å²) in [4.78, 5) is 14.8. The largest absolute Gasteiger partial charge is 0.490 e. The zero-order valence-electron chi connectivity index (χ0n) is 19.5. The molecule has 2 aromatic carbocycles. The van der Waals surface area contributed by atoms with Crippen LogP contribution in [0.3, 0.4) is 0 Å². The summed E-state index contributed by atoms with van der Waals surface area (Å²) in [5.74, 6) is 1.20. The highest BCUT2D eigenvalue weighted by atomic mass is 32.2. The lowest BCUT2D eigenvalue weighted by Gasteiger charge is -2.25. The Hall–Kier alpha value is -2.35. The number of nitrogens with zero attached hydrogens (tertiary/aromatic N) is 1. The fourth-order valence-corrected chi connectivity index (χ4v) is 3.96. The number of thioether (sulfide) groups is 1. The monoisotopic (exact) mass is 483 g/mol. The van der Waals surface area contributed by atoms with Crippen molar-refractivity contribution in [1.82, 2.24) is 4.90 Å². The number of hydrogen-bond acceptors (Lipinski definition) is 4. The molecule has 0 unspecified atom stereocenters. The molecule has 1 atom stereocenters. The molecule has 0 aliphatic heterocycles. The molecule has 0 radical (unpaired) electrons. The number of benzene rings is 2. The second kappa shape index (κ2) is 12.2. The van der Waals surface area contributed by atoms with Gasteiger partial charge in [-0.15, -0.1) is 11.8 Å². The van der Waals surface area contributed by atoms with E-state index >= 15 is 0 Å². The topological polar surface area (TPSA) is 38.8 Å². The van der Waals surface area contributed by atoms with E-state index in [4.69, 9.17) is 9.47 Å². The Balaban J connectivity index is 1.94. The second-order valence-electron chi connectivity index (χ2n) is 8.76. The van der Waals surface area contributed by atoms with Gasteiger partial charge < -0.3 is 14.4 Å². The quantitative estimate of drug-likeness (QED) is 0.333. The molecule has 0 saturated heterocycles. The molecule has 4 nitrogen and oxygen atoms in total.